The van der Waals surface area contributed by atoms with Gasteiger partial charge in [0.15, 0.2) is 0 Å². The second kappa shape index (κ2) is 15.4. The van der Waals surface area contributed by atoms with Crippen LogP contribution < -0.4 is 0 Å². The smallest absolute Gasteiger partial charge is 0.450 e. The lowest BCUT2D eigenvalue weighted by Gasteiger charge is -1.97. The Morgan fingerprint density at radius 2 is 1.40 bits per heavy atom. The molecule has 0 aromatic rings. The molecule has 0 bridgehead atoms. The number of hydrogen-bond acceptors (Lipinski definition) is 2. The molecule has 0 aliphatic carbocycles. The Bertz CT molecular complexity index is 142. The summed E-state index contributed by atoms with van der Waals surface area (Å²) in [7, 11) is 0. The quantitative estimate of drug-likeness (QED) is 0.482. The first kappa shape index (κ1) is 16.4. The van der Waals surface area contributed by atoms with E-state index >= 15 is 0 Å². The molecule has 90 valence electrons. The second-order valence-corrected chi connectivity index (χ2v) is 3.36. The molecule has 0 fully saturated rings. The van der Waals surface area contributed by atoms with E-state index in [1.54, 1.807) is 0 Å². The van der Waals surface area contributed by atoms with Gasteiger partial charge in [0.1, 0.15) is 6.29 Å². The van der Waals surface area contributed by atoms with Crippen LogP contribution in [0.25, 0.3) is 0 Å². The Hall–Kier alpha value is -1.06. The van der Waals surface area contributed by atoms with E-state index in [9.17, 15) is 4.79 Å². The molecule has 4 heteroatoms. The van der Waals surface area contributed by atoms with E-state index in [1.165, 1.54) is 38.5 Å². The largest absolute Gasteiger partial charge is 0.503 e. The Morgan fingerprint density at radius 1 is 1.00 bits per heavy atom. The van der Waals surface area contributed by atoms with Crippen LogP contribution in [0.3, 0.4) is 0 Å². The van der Waals surface area contributed by atoms with Crippen LogP contribution >= 0.6 is 0 Å². The molecule has 0 spiro atoms. The van der Waals surface area contributed by atoms with Crippen LogP contribution in [0.15, 0.2) is 0 Å². The minimum atomic E-state index is -1.83. The van der Waals surface area contributed by atoms with Gasteiger partial charge in [-0.1, -0.05) is 45.4 Å². The summed E-state index contributed by atoms with van der Waals surface area (Å²) >= 11 is 0. The third-order valence-corrected chi connectivity index (χ3v) is 1.93. The number of rotatable bonds is 8. The van der Waals surface area contributed by atoms with Crippen LogP contribution in [0.4, 0.5) is 4.79 Å². The maximum Gasteiger partial charge on any atom is 0.503 e. The molecule has 0 aromatic carbocycles. The highest BCUT2D eigenvalue weighted by molar-refractivity contribution is 5.53. The Kier molecular flexibility index (Phi) is 16.8. The normalized spacial score (nSPS) is 8.87. The van der Waals surface area contributed by atoms with Crippen LogP contribution in [0.1, 0.15) is 58.3 Å². The molecule has 0 heterocycles. The monoisotopic (exact) mass is 218 g/mol. The summed E-state index contributed by atoms with van der Waals surface area (Å²) in [5.74, 6) is 0. The van der Waals surface area contributed by atoms with Gasteiger partial charge in [0.2, 0.25) is 0 Å². The van der Waals surface area contributed by atoms with Crippen LogP contribution in [-0.2, 0) is 4.79 Å². The molecular formula is C11H22O4. The van der Waals surface area contributed by atoms with E-state index in [-0.39, 0.29) is 0 Å². The molecule has 0 amide bonds. The fourth-order valence-corrected chi connectivity index (χ4v) is 1.18. The van der Waals surface area contributed by atoms with E-state index in [0.717, 1.165) is 19.1 Å². The standard InChI is InChI=1S/C10H20O.CH2O3/c1-2-3-4-5-6-7-8-9-10-11;2-1(3)4/h10H,2-9H2,1H3;(H2,2,3,4). The van der Waals surface area contributed by atoms with Crippen molar-refractivity contribution in [2.24, 2.45) is 0 Å². The van der Waals surface area contributed by atoms with Gasteiger partial charge in [-0.2, -0.15) is 0 Å². The summed E-state index contributed by atoms with van der Waals surface area (Å²) in [4.78, 5) is 18.5. The fourth-order valence-electron chi connectivity index (χ4n) is 1.18. The molecule has 0 aromatic heterocycles. The molecule has 0 rings (SSSR count). The molecule has 0 aliphatic heterocycles. The Labute approximate surface area is 91.3 Å². The first-order valence-electron chi connectivity index (χ1n) is 5.50. The highest BCUT2D eigenvalue weighted by Gasteiger charge is 1.89. The summed E-state index contributed by atoms with van der Waals surface area (Å²) < 4.78 is 0. The van der Waals surface area contributed by atoms with Crippen molar-refractivity contribution >= 4 is 12.4 Å². The van der Waals surface area contributed by atoms with Crippen molar-refractivity contribution in [2.45, 2.75) is 58.3 Å². The van der Waals surface area contributed by atoms with Crippen molar-refractivity contribution in [3.8, 4) is 0 Å². The lowest BCUT2D eigenvalue weighted by Crippen LogP contribution is -1.81. The van der Waals surface area contributed by atoms with Gasteiger partial charge in [0.25, 0.3) is 0 Å². The zero-order valence-corrected chi connectivity index (χ0v) is 9.45. The Morgan fingerprint density at radius 3 is 1.80 bits per heavy atom. The summed E-state index contributed by atoms with van der Waals surface area (Å²) in [5, 5.41) is 13.9. The van der Waals surface area contributed by atoms with Gasteiger partial charge in [-0.25, -0.2) is 4.79 Å². The number of hydrogen-bond donors (Lipinski definition) is 2. The highest BCUT2D eigenvalue weighted by Crippen LogP contribution is 2.07. The Balaban J connectivity index is 0. The van der Waals surface area contributed by atoms with E-state index in [0.29, 0.717) is 0 Å². The van der Waals surface area contributed by atoms with E-state index in [1.807, 2.05) is 0 Å². The first-order chi connectivity index (χ1) is 7.15. The van der Waals surface area contributed by atoms with Gasteiger partial charge < -0.3 is 15.0 Å². The number of unbranched alkanes of at least 4 members (excludes halogenated alkanes) is 7. The van der Waals surface area contributed by atoms with Crippen molar-refractivity contribution in [2.75, 3.05) is 0 Å². The maximum absolute atomic E-state index is 9.94. The van der Waals surface area contributed by atoms with Crippen LogP contribution in [0.5, 0.6) is 0 Å². The lowest BCUT2D eigenvalue weighted by atomic mass is 10.1. The van der Waals surface area contributed by atoms with Crippen LogP contribution in [0, 0.1) is 0 Å². The topological polar surface area (TPSA) is 74.6 Å². The van der Waals surface area contributed by atoms with Gasteiger partial charge in [0.05, 0.1) is 0 Å². The summed E-state index contributed by atoms with van der Waals surface area (Å²) in [5.41, 5.74) is 0. The van der Waals surface area contributed by atoms with E-state index in [4.69, 9.17) is 15.0 Å². The number of carbonyl (C=O) groups excluding carboxylic acids is 1. The summed E-state index contributed by atoms with van der Waals surface area (Å²) in [6, 6.07) is 0. The average Bonchev–Trinajstić information content (AvgIpc) is 2.16. The van der Waals surface area contributed by atoms with Gasteiger partial charge in [0, 0.05) is 6.42 Å². The molecule has 2 N–H and O–H groups in total. The molecule has 0 unspecified atom stereocenters. The maximum atomic E-state index is 9.94. The predicted molar refractivity (Wildman–Crippen MR) is 59.3 cm³/mol. The summed E-state index contributed by atoms with van der Waals surface area (Å²) in [6.07, 6.45) is 9.00. The van der Waals surface area contributed by atoms with Crippen molar-refractivity contribution in [1.29, 1.82) is 0 Å². The van der Waals surface area contributed by atoms with Gasteiger partial charge >= 0.3 is 6.16 Å². The molecular weight excluding hydrogens is 196 g/mol. The SMILES string of the molecule is CCCCCCCCCC=O.O=C(O)O. The van der Waals surface area contributed by atoms with E-state index < -0.39 is 6.16 Å². The second-order valence-electron chi connectivity index (χ2n) is 3.36. The van der Waals surface area contributed by atoms with Crippen molar-refractivity contribution < 1.29 is 19.8 Å². The predicted octanol–water partition coefficient (Wildman–Crippen LogP) is 3.55. The molecule has 0 atom stereocenters. The van der Waals surface area contributed by atoms with Crippen LogP contribution in [-0.4, -0.2) is 22.7 Å². The van der Waals surface area contributed by atoms with E-state index in [2.05, 4.69) is 6.92 Å². The molecule has 0 saturated heterocycles. The van der Waals surface area contributed by atoms with Crippen molar-refractivity contribution in [1.82, 2.24) is 0 Å². The molecule has 15 heavy (non-hydrogen) atoms. The number of carbonyl (C=O) groups is 2. The fraction of sp³-hybridized carbons (Fsp3) is 0.818. The number of aldehydes is 1. The molecule has 0 saturated carbocycles. The minimum Gasteiger partial charge on any atom is -0.450 e. The molecule has 4 nitrogen and oxygen atoms in total. The minimum absolute atomic E-state index is 0.758. The third kappa shape index (κ3) is 32.2. The van der Waals surface area contributed by atoms with Gasteiger partial charge in [-0.3, -0.25) is 0 Å². The van der Waals surface area contributed by atoms with Crippen molar-refractivity contribution in [3.63, 3.8) is 0 Å². The zero-order chi connectivity index (χ0) is 11.9. The summed E-state index contributed by atoms with van der Waals surface area (Å²) in [6.45, 7) is 2.23. The molecule has 0 aliphatic rings. The van der Waals surface area contributed by atoms with Gasteiger partial charge in [-0.05, 0) is 6.42 Å². The number of carboxylic acid groups (broad SMARTS) is 2. The average molecular weight is 218 g/mol. The first-order valence-corrected chi connectivity index (χ1v) is 5.50. The third-order valence-electron chi connectivity index (χ3n) is 1.93. The molecule has 0 radical (unpaired) electrons. The zero-order valence-electron chi connectivity index (χ0n) is 9.45. The highest BCUT2D eigenvalue weighted by atomic mass is 16.6. The van der Waals surface area contributed by atoms with Crippen LogP contribution in [0.2, 0.25) is 0 Å². The lowest BCUT2D eigenvalue weighted by molar-refractivity contribution is -0.107. The van der Waals surface area contributed by atoms with Gasteiger partial charge in [-0.15, -0.1) is 0 Å². The van der Waals surface area contributed by atoms with Crippen molar-refractivity contribution in [3.05, 3.63) is 0 Å².